The number of para-hydroxylation sites is 1. The van der Waals surface area contributed by atoms with E-state index in [0.717, 1.165) is 11.3 Å². The van der Waals surface area contributed by atoms with Gasteiger partial charge in [0.2, 0.25) is 5.75 Å². The van der Waals surface area contributed by atoms with Gasteiger partial charge < -0.3 is 24.7 Å². The Labute approximate surface area is 173 Å². The summed E-state index contributed by atoms with van der Waals surface area (Å²) in [5.74, 6) is -2.05. The third-order valence-electron chi connectivity index (χ3n) is 3.85. The Kier molecular flexibility index (Phi) is 6.32. The number of nitrogens with one attached hydrogen (secondary N) is 2. The number of carbonyl (C=O) groups excluding carboxylic acids is 1. The van der Waals surface area contributed by atoms with E-state index in [4.69, 9.17) is 14.6 Å². The van der Waals surface area contributed by atoms with Gasteiger partial charge in [-0.1, -0.05) is 18.2 Å². The minimum Gasteiger partial charge on any atom is -0.501 e. The number of amides is 1. The Balaban J connectivity index is 1.76. The van der Waals surface area contributed by atoms with Gasteiger partial charge in [-0.2, -0.15) is 0 Å². The summed E-state index contributed by atoms with van der Waals surface area (Å²) < 4.78 is 10.7. The van der Waals surface area contributed by atoms with Crippen LogP contribution >= 0.6 is 11.3 Å². The van der Waals surface area contributed by atoms with Crippen LogP contribution in [0.15, 0.2) is 40.5 Å². The molecule has 0 atom stereocenters. The largest absolute Gasteiger partial charge is 0.501 e. The van der Waals surface area contributed by atoms with Crippen molar-refractivity contribution in [1.82, 2.24) is 9.97 Å². The zero-order valence-electron chi connectivity index (χ0n) is 15.7. The number of aromatic carboxylic acids is 1. The van der Waals surface area contributed by atoms with Gasteiger partial charge in [-0.3, -0.25) is 10.1 Å². The van der Waals surface area contributed by atoms with Crippen molar-refractivity contribution in [2.75, 3.05) is 11.9 Å². The second-order valence-corrected chi connectivity index (χ2v) is 6.74. The van der Waals surface area contributed by atoms with Crippen LogP contribution < -0.4 is 15.6 Å². The number of hydrogen-bond acceptors (Lipinski definition) is 8. The van der Waals surface area contributed by atoms with Gasteiger partial charge in [-0.15, -0.1) is 11.3 Å². The number of H-pyrrole nitrogens is 1. The van der Waals surface area contributed by atoms with E-state index >= 15 is 0 Å². The Morgan fingerprint density at radius 3 is 2.77 bits per heavy atom. The van der Waals surface area contributed by atoms with Crippen LogP contribution in [0.3, 0.4) is 0 Å². The number of nitrogens with zero attached hydrogens (tertiary/aromatic N) is 1. The van der Waals surface area contributed by atoms with Gasteiger partial charge in [0.15, 0.2) is 11.5 Å². The Morgan fingerprint density at radius 1 is 1.27 bits per heavy atom. The summed E-state index contributed by atoms with van der Waals surface area (Å²) in [6.45, 7) is 2.29. The lowest BCUT2D eigenvalue weighted by Gasteiger charge is -2.11. The highest BCUT2D eigenvalue weighted by Gasteiger charge is 2.20. The number of carbonyl (C=O) groups is 2. The van der Waals surface area contributed by atoms with Crippen LogP contribution in [0.5, 0.6) is 11.5 Å². The summed E-state index contributed by atoms with van der Waals surface area (Å²) in [5, 5.41) is 22.8. The summed E-state index contributed by atoms with van der Waals surface area (Å²) in [4.78, 5) is 41.6. The highest BCUT2D eigenvalue weighted by Crippen LogP contribution is 2.32. The number of benzene rings is 1. The van der Waals surface area contributed by atoms with Gasteiger partial charge in [0.25, 0.3) is 5.56 Å². The van der Waals surface area contributed by atoms with E-state index in [-0.39, 0.29) is 18.1 Å². The molecule has 0 saturated carbocycles. The maximum Gasteiger partial charge on any atom is 0.412 e. The Morgan fingerprint density at radius 2 is 2.03 bits per heavy atom. The van der Waals surface area contributed by atoms with E-state index in [0.29, 0.717) is 22.8 Å². The highest BCUT2D eigenvalue weighted by atomic mass is 32.1. The number of aromatic amines is 1. The molecule has 4 N–H and O–H groups in total. The second kappa shape index (κ2) is 9.09. The number of hydrogen-bond donors (Lipinski definition) is 4. The van der Waals surface area contributed by atoms with E-state index in [2.05, 4.69) is 15.3 Å². The van der Waals surface area contributed by atoms with E-state index in [1.807, 2.05) is 13.0 Å². The zero-order chi connectivity index (χ0) is 21.7. The van der Waals surface area contributed by atoms with Gasteiger partial charge >= 0.3 is 12.1 Å². The maximum atomic E-state index is 12.2. The Hall–Kier alpha value is -3.86. The van der Waals surface area contributed by atoms with Crippen LogP contribution in [0, 0.1) is 0 Å². The summed E-state index contributed by atoms with van der Waals surface area (Å²) in [6.07, 6.45) is -0.763. The lowest BCUT2D eigenvalue weighted by atomic mass is 10.2. The lowest BCUT2D eigenvalue weighted by molar-refractivity contribution is 0.0686. The fourth-order valence-corrected chi connectivity index (χ4v) is 3.32. The summed E-state index contributed by atoms with van der Waals surface area (Å²) >= 11 is 1.11. The van der Waals surface area contributed by atoms with Gasteiger partial charge in [0, 0.05) is 5.56 Å². The predicted molar refractivity (Wildman–Crippen MR) is 108 cm³/mol. The smallest absolute Gasteiger partial charge is 0.412 e. The summed E-state index contributed by atoms with van der Waals surface area (Å²) in [6, 6.07) is 8.69. The molecular weight excluding hydrogens is 414 g/mol. The lowest BCUT2D eigenvalue weighted by Crippen LogP contribution is -2.16. The molecule has 0 aliphatic rings. The molecule has 1 amide bonds. The minimum absolute atomic E-state index is 0.0288. The summed E-state index contributed by atoms with van der Waals surface area (Å²) in [5.41, 5.74) is -0.848. The fraction of sp³-hybridized carbons (Fsp3) is 0.158. The SMILES string of the molecule is CCOc1ccccc1COC(=O)Nc1ccsc1-c1nc(C(=O)O)c(O)c(=O)[nH]1. The van der Waals surface area contributed by atoms with Crippen molar-refractivity contribution in [3.8, 4) is 22.2 Å². The quantitative estimate of drug-likeness (QED) is 0.446. The number of aromatic hydroxyl groups is 1. The topological polar surface area (TPSA) is 151 Å². The first-order valence-corrected chi connectivity index (χ1v) is 9.57. The van der Waals surface area contributed by atoms with E-state index in [1.165, 1.54) is 0 Å². The first-order valence-electron chi connectivity index (χ1n) is 8.69. The monoisotopic (exact) mass is 431 g/mol. The molecule has 2 aromatic heterocycles. The van der Waals surface area contributed by atoms with E-state index < -0.39 is 29.1 Å². The second-order valence-electron chi connectivity index (χ2n) is 5.82. The first kappa shape index (κ1) is 20.9. The molecular formula is C19H17N3O7S. The standard InChI is InChI=1S/C19H17N3O7S/c1-2-28-12-6-4-3-5-10(12)9-29-19(27)20-11-7-8-30-15(11)16-21-13(18(25)26)14(23)17(24)22-16/h3-8,23H,2,9H2,1H3,(H,20,27)(H,25,26)(H,21,22,24). The number of carboxylic acids is 1. The summed E-state index contributed by atoms with van der Waals surface area (Å²) in [7, 11) is 0. The van der Waals surface area contributed by atoms with Crippen LogP contribution in [0.2, 0.25) is 0 Å². The molecule has 0 aliphatic carbocycles. The first-order chi connectivity index (χ1) is 14.4. The van der Waals surface area contributed by atoms with Gasteiger partial charge in [0.1, 0.15) is 12.4 Å². The van der Waals surface area contributed by atoms with Crippen LogP contribution in [0.25, 0.3) is 10.7 Å². The van der Waals surface area contributed by atoms with E-state index in [9.17, 15) is 19.5 Å². The number of aromatic nitrogens is 2. The molecule has 2 heterocycles. The highest BCUT2D eigenvalue weighted by molar-refractivity contribution is 7.14. The molecule has 0 aliphatic heterocycles. The molecule has 1 aromatic carbocycles. The van der Waals surface area contributed by atoms with Crippen molar-refractivity contribution in [1.29, 1.82) is 0 Å². The molecule has 11 heteroatoms. The van der Waals surface area contributed by atoms with Crippen molar-refractivity contribution in [2.45, 2.75) is 13.5 Å². The number of carboxylic acid groups (broad SMARTS) is 1. The molecule has 30 heavy (non-hydrogen) atoms. The number of ether oxygens (including phenoxy) is 2. The third-order valence-corrected chi connectivity index (χ3v) is 4.77. The number of thiophene rings is 1. The Bertz CT molecular complexity index is 1140. The number of anilines is 1. The molecule has 0 saturated heterocycles. The molecule has 3 aromatic rings. The van der Waals surface area contributed by atoms with Crippen molar-refractivity contribution >= 4 is 29.1 Å². The molecule has 0 spiro atoms. The average molecular weight is 431 g/mol. The van der Waals surface area contributed by atoms with Crippen LogP contribution in [-0.4, -0.2) is 38.9 Å². The van der Waals surface area contributed by atoms with E-state index in [1.54, 1.807) is 29.6 Å². The van der Waals surface area contributed by atoms with Crippen LogP contribution in [-0.2, 0) is 11.3 Å². The van der Waals surface area contributed by atoms with Crippen LogP contribution in [0.1, 0.15) is 23.0 Å². The predicted octanol–water partition coefficient (Wildman–Crippen LogP) is 3.05. The van der Waals surface area contributed by atoms with Gasteiger partial charge in [-0.05, 0) is 24.4 Å². The van der Waals surface area contributed by atoms with Crippen LogP contribution in [0.4, 0.5) is 10.5 Å². The van der Waals surface area contributed by atoms with Gasteiger partial charge in [-0.25, -0.2) is 14.6 Å². The van der Waals surface area contributed by atoms with Crippen molar-refractivity contribution < 1.29 is 29.3 Å². The average Bonchev–Trinajstić information content (AvgIpc) is 3.17. The molecule has 156 valence electrons. The van der Waals surface area contributed by atoms with Gasteiger partial charge in [0.05, 0.1) is 17.2 Å². The third kappa shape index (κ3) is 4.58. The van der Waals surface area contributed by atoms with Crippen molar-refractivity contribution in [3.63, 3.8) is 0 Å². The molecule has 10 nitrogen and oxygen atoms in total. The number of rotatable bonds is 7. The van der Waals surface area contributed by atoms with Crippen molar-refractivity contribution in [3.05, 3.63) is 57.3 Å². The molecule has 3 rings (SSSR count). The maximum absolute atomic E-state index is 12.2. The minimum atomic E-state index is -1.56. The zero-order valence-corrected chi connectivity index (χ0v) is 16.5. The van der Waals surface area contributed by atoms with Crippen molar-refractivity contribution in [2.24, 2.45) is 0 Å². The fourth-order valence-electron chi connectivity index (χ4n) is 2.52. The molecule has 0 radical (unpaired) electrons. The molecule has 0 bridgehead atoms. The normalized spacial score (nSPS) is 10.4. The molecule has 0 fully saturated rings. The molecule has 0 unspecified atom stereocenters.